The summed E-state index contributed by atoms with van der Waals surface area (Å²) in [6.07, 6.45) is 7.24. The maximum absolute atomic E-state index is 5.29. The summed E-state index contributed by atoms with van der Waals surface area (Å²) in [4.78, 5) is 6.84. The van der Waals surface area contributed by atoms with Gasteiger partial charge >= 0.3 is 0 Å². The lowest BCUT2D eigenvalue weighted by molar-refractivity contribution is 0.216. The van der Waals surface area contributed by atoms with Crippen LogP contribution in [-0.2, 0) is 6.42 Å². The van der Waals surface area contributed by atoms with E-state index in [9.17, 15) is 0 Å². The first-order valence-electron chi connectivity index (χ1n) is 7.54. The van der Waals surface area contributed by atoms with Crippen LogP contribution in [0.25, 0.3) is 12.2 Å². The molecule has 1 aromatic carbocycles. The minimum Gasteiger partial charge on any atom is -0.335 e. The summed E-state index contributed by atoms with van der Waals surface area (Å²) in [7, 11) is 2.18. The average molecular weight is 283 g/mol. The van der Waals surface area contributed by atoms with Gasteiger partial charge < -0.3 is 9.42 Å². The predicted molar refractivity (Wildman–Crippen MR) is 83.6 cm³/mol. The zero-order chi connectivity index (χ0) is 14.5. The van der Waals surface area contributed by atoms with Gasteiger partial charge in [-0.25, -0.2) is 0 Å². The number of likely N-dealkylation sites (tertiary alicyclic amines) is 1. The molecule has 0 aliphatic carbocycles. The number of hydrogen-bond acceptors (Lipinski definition) is 4. The molecule has 1 aliphatic rings. The lowest BCUT2D eigenvalue weighted by Gasteiger charge is -2.27. The molecule has 1 aliphatic heterocycles. The highest BCUT2D eigenvalue weighted by molar-refractivity contribution is 5.65. The summed E-state index contributed by atoms with van der Waals surface area (Å²) in [5.41, 5.74) is 1.13. The van der Waals surface area contributed by atoms with Gasteiger partial charge in [0.2, 0.25) is 0 Å². The van der Waals surface area contributed by atoms with Gasteiger partial charge in [0.25, 0.3) is 5.89 Å². The van der Waals surface area contributed by atoms with Crippen LogP contribution in [0, 0.1) is 5.92 Å². The highest BCUT2D eigenvalue weighted by atomic mass is 16.5. The second-order valence-corrected chi connectivity index (χ2v) is 5.74. The molecule has 0 atom stereocenters. The predicted octanol–water partition coefficient (Wildman–Crippen LogP) is 3.12. The molecule has 0 N–H and O–H groups in total. The topological polar surface area (TPSA) is 42.2 Å². The SMILES string of the molecule is CN1CCC(Cc2noc(/C=C/c3ccccc3)n2)CC1. The molecule has 21 heavy (non-hydrogen) atoms. The van der Waals surface area contributed by atoms with Crippen molar-refractivity contribution in [1.29, 1.82) is 0 Å². The van der Waals surface area contributed by atoms with Crippen molar-refractivity contribution in [2.45, 2.75) is 19.3 Å². The third-order valence-electron chi connectivity index (χ3n) is 4.01. The molecule has 2 aromatic rings. The third-order valence-corrected chi connectivity index (χ3v) is 4.01. The summed E-state index contributed by atoms with van der Waals surface area (Å²) < 4.78 is 5.29. The number of hydrogen-bond donors (Lipinski definition) is 0. The van der Waals surface area contributed by atoms with Crippen LogP contribution < -0.4 is 0 Å². The Balaban J connectivity index is 1.57. The average Bonchev–Trinajstić information content (AvgIpc) is 2.96. The Bertz CT molecular complexity index is 583. The van der Waals surface area contributed by atoms with E-state index in [1.807, 2.05) is 42.5 Å². The lowest BCUT2D eigenvalue weighted by Crippen LogP contribution is -2.31. The number of rotatable bonds is 4. The van der Waals surface area contributed by atoms with Crippen molar-refractivity contribution in [2.24, 2.45) is 5.92 Å². The van der Waals surface area contributed by atoms with Gasteiger partial charge in [0.1, 0.15) is 0 Å². The molecule has 1 saturated heterocycles. The van der Waals surface area contributed by atoms with Gasteiger partial charge in [0.05, 0.1) is 0 Å². The van der Waals surface area contributed by atoms with Crippen LogP contribution in [0.15, 0.2) is 34.9 Å². The summed E-state index contributed by atoms with van der Waals surface area (Å²) in [6, 6.07) is 10.1. The lowest BCUT2D eigenvalue weighted by atomic mass is 9.94. The Labute approximate surface area is 125 Å². The van der Waals surface area contributed by atoms with Crippen molar-refractivity contribution in [3.63, 3.8) is 0 Å². The van der Waals surface area contributed by atoms with E-state index in [0.29, 0.717) is 11.8 Å². The summed E-state index contributed by atoms with van der Waals surface area (Å²) in [6.45, 7) is 2.34. The van der Waals surface area contributed by atoms with Crippen molar-refractivity contribution >= 4 is 12.2 Å². The van der Waals surface area contributed by atoms with E-state index in [1.165, 1.54) is 25.9 Å². The zero-order valence-corrected chi connectivity index (χ0v) is 12.4. The van der Waals surface area contributed by atoms with E-state index in [-0.39, 0.29) is 0 Å². The first-order valence-corrected chi connectivity index (χ1v) is 7.54. The molecule has 110 valence electrons. The maximum Gasteiger partial charge on any atom is 0.250 e. The monoisotopic (exact) mass is 283 g/mol. The quantitative estimate of drug-likeness (QED) is 0.864. The van der Waals surface area contributed by atoms with Gasteiger partial charge in [-0.2, -0.15) is 4.98 Å². The molecule has 4 nitrogen and oxygen atoms in total. The molecular weight excluding hydrogens is 262 g/mol. The molecule has 1 aromatic heterocycles. The normalized spacial score (nSPS) is 17.6. The molecular formula is C17H21N3O. The van der Waals surface area contributed by atoms with Crippen molar-refractivity contribution in [1.82, 2.24) is 15.0 Å². The highest BCUT2D eigenvalue weighted by Crippen LogP contribution is 2.19. The molecule has 0 unspecified atom stereocenters. The number of benzene rings is 1. The van der Waals surface area contributed by atoms with Crippen molar-refractivity contribution in [2.75, 3.05) is 20.1 Å². The van der Waals surface area contributed by atoms with Crippen LogP contribution in [0.1, 0.15) is 30.1 Å². The van der Waals surface area contributed by atoms with E-state index in [2.05, 4.69) is 22.1 Å². The zero-order valence-electron chi connectivity index (χ0n) is 12.4. The van der Waals surface area contributed by atoms with Crippen molar-refractivity contribution in [3.05, 3.63) is 47.6 Å². The molecule has 0 saturated carbocycles. The maximum atomic E-state index is 5.29. The Morgan fingerprint density at radius 3 is 2.71 bits per heavy atom. The number of nitrogens with zero attached hydrogens (tertiary/aromatic N) is 3. The van der Waals surface area contributed by atoms with E-state index in [4.69, 9.17) is 4.52 Å². The Kier molecular flexibility index (Phi) is 4.46. The van der Waals surface area contributed by atoms with Crippen molar-refractivity contribution in [3.8, 4) is 0 Å². The minimum absolute atomic E-state index is 0.585. The van der Waals surface area contributed by atoms with Crippen LogP contribution in [-0.4, -0.2) is 35.2 Å². The van der Waals surface area contributed by atoms with Gasteiger partial charge in [-0.1, -0.05) is 35.5 Å². The van der Waals surface area contributed by atoms with Gasteiger partial charge in [0, 0.05) is 12.5 Å². The third kappa shape index (κ3) is 4.02. The molecule has 0 spiro atoms. The smallest absolute Gasteiger partial charge is 0.250 e. The first-order chi connectivity index (χ1) is 10.3. The van der Waals surface area contributed by atoms with Crippen molar-refractivity contribution < 1.29 is 4.52 Å². The van der Waals surface area contributed by atoms with E-state index in [0.717, 1.165) is 17.8 Å². The van der Waals surface area contributed by atoms with Gasteiger partial charge in [0.15, 0.2) is 5.82 Å². The molecule has 0 bridgehead atoms. The van der Waals surface area contributed by atoms with Crippen LogP contribution in [0.4, 0.5) is 0 Å². The second-order valence-electron chi connectivity index (χ2n) is 5.74. The van der Waals surface area contributed by atoms with Gasteiger partial charge in [-0.15, -0.1) is 0 Å². The molecule has 0 radical (unpaired) electrons. The first kappa shape index (κ1) is 14.0. The van der Waals surface area contributed by atoms with Gasteiger partial charge in [-0.3, -0.25) is 0 Å². The van der Waals surface area contributed by atoms with Gasteiger partial charge in [-0.05, 0) is 50.5 Å². The molecule has 4 heteroatoms. The molecule has 1 fully saturated rings. The molecule has 2 heterocycles. The highest BCUT2D eigenvalue weighted by Gasteiger charge is 2.19. The second kappa shape index (κ2) is 6.68. The minimum atomic E-state index is 0.585. The fourth-order valence-corrected chi connectivity index (χ4v) is 2.67. The van der Waals surface area contributed by atoms with E-state index < -0.39 is 0 Å². The standard InChI is InChI=1S/C17H21N3O/c1-20-11-9-15(10-12-20)13-16-18-17(21-19-16)8-7-14-5-3-2-4-6-14/h2-8,15H,9-13H2,1H3/b8-7+. The van der Waals surface area contributed by atoms with Crippen LogP contribution in [0.2, 0.25) is 0 Å². The fourth-order valence-electron chi connectivity index (χ4n) is 2.67. The Morgan fingerprint density at radius 1 is 1.19 bits per heavy atom. The summed E-state index contributed by atoms with van der Waals surface area (Å²) in [5.74, 6) is 2.10. The largest absolute Gasteiger partial charge is 0.335 e. The Morgan fingerprint density at radius 2 is 1.95 bits per heavy atom. The Hall–Kier alpha value is -1.94. The number of piperidine rings is 1. The molecule has 0 amide bonds. The van der Waals surface area contributed by atoms with Crippen LogP contribution in [0.5, 0.6) is 0 Å². The number of aromatic nitrogens is 2. The van der Waals surface area contributed by atoms with E-state index in [1.54, 1.807) is 0 Å². The fraction of sp³-hybridized carbons (Fsp3) is 0.412. The van der Waals surface area contributed by atoms with Crippen LogP contribution in [0.3, 0.4) is 0 Å². The van der Waals surface area contributed by atoms with Crippen LogP contribution >= 0.6 is 0 Å². The molecule has 3 rings (SSSR count). The summed E-state index contributed by atoms with van der Waals surface area (Å²) in [5, 5.41) is 4.09. The summed E-state index contributed by atoms with van der Waals surface area (Å²) >= 11 is 0. The van der Waals surface area contributed by atoms with E-state index >= 15 is 0 Å².